The molecule has 136 valence electrons. The van der Waals surface area contributed by atoms with Crippen molar-refractivity contribution in [2.45, 2.75) is 19.6 Å². The van der Waals surface area contributed by atoms with Gasteiger partial charge in [0, 0.05) is 29.4 Å². The van der Waals surface area contributed by atoms with Crippen molar-refractivity contribution in [1.29, 1.82) is 0 Å². The summed E-state index contributed by atoms with van der Waals surface area (Å²) in [5, 5.41) is 8.15. The summed E-state index contributed by atoms with van der Waals surface area (Å²) >= 11 is 1.62. The SMILES string of the molecule is CC(=O)Nc1ccc(NC2c3ncccc3C(=O)N2Cc2cccs2)cc1. The largest absolute Gasteiger partial charge is 0.360 e. The highest BCUT2D eigenvalue weighted by Crippen LogP contribution is 2.34. The number of amides is 2. The summed E-state index contributed by atoms with van der Waals surface area (Å²) in [6.45, 7) is 2.00. The molecule has 1 aliphatic heterocycles. The van der Waals surface area contributed by atoms with Crippen molar-refractivity contribution in [1.82, 2.24) is 9.88 Å². The summed E-state index contributed by atoms with van der Waals surface area (Å²) in [5.74, 6) is -0.142. The number of carbonyl (C=O) groups is 2. The molecule has 0 aliphatic carbocycles. The number of nitrogens with one attached hydrogen (secondary N) is 2. The molecule has 1 aromatic carbocycles. The first-order valence-electron chi connectivity index (χ1n) is 8.54. The van der Waals surface area contributed by atoms with Crippen LogP contribution in [-0.2, 0) is 11.3 Å². The minimum absolute atomic E-state index is 0.0288. The number of anilines is 2. The van der Waals surface area contributed by atoms with Crippen LogP contribution in [-0.4, -0.2) is 21.7 Å². The number of thiophene rings is 1. The maximum Gasteiger partial charge on any atom is 0.258 e. The predicted octanol–water partition coefficient (Wildman–Crippen LogP) is 3.87. The van der Waals surface area contributed by atoms with Gasteiger partial charge in [0.2, 0.25) is 5.91 Å². The summed E-state index contributed by atoms with van der Waals surface area (Å²) in [6.07, 6.45) is 1.36. The van der Waals surface area contributed by atoms with Crippen LogP contribution >= 0.6 is 11.3 Å². The van der Waals surface area contributed by atoms with E-state index in [1.54, 1.807) is 28.5 Å². The van der Waals surface area contributed by atoms with Gasteiger partial charge in [0.15, 0.2) is 0 Å². The highest BCUT2D eigenvalue weighted by Gasteiger charge is 2.38. The molecule has 4 rings (SSSR count). The zero-order valence-corrected chi connectivity index (χ0v) is 15.5. The molecule has 0 radical (unpaired) electrons. The maximum atomic E-state index is 12.9. The summed E-state index contributed by atoms with van der Waals surface area (Å²) in [6, 6.07) is 15.0. The third kappa shape index (κ3) is 3.54. The Labute approximate surface area is 160 Å². The lowest BCUT2D eigenvalue weighted by atomic mass is 10.2. The van der Waals surface area contributed by atoms with Crippen molar-refractivity contribution in [3.8, 4) is 0 Å². The molecule has 0 fully saturated rings. The summed E-state index contributed by atoms with van der Waals surface area (Å²) in [4.78, 5) is 31.4. The van der Waals surface area contributed by atoms with Crippen LogP contribution in [0.1, 0.15) is 34.0 Å². The number of carbonyl (C=O) groups excluding carboxylic acids is 2. The van der Waals surface area contributed by atoms with Gasteiger partial charge in [-0.25, -0.2) is 0 Å². The van der Waals surface area contributed by atoms with Gasteiger partial charge in [-0.05, 0) is 47.8 Å². The standard InChI is InChI=1S/C20H18N4O2S/c1-13(25)22-14-6-8-15(9-7-14)23-19-18-17(5-2-10-21-18)20(26)24(19)12-16-4-3-11-27-16/h2-11,19,23H,12H2,1H3,(H,22,25). The molecule has 7 heteroatoms. The van der Waals surface area contributed by atoms with E-state index in [1.807, 2.05) is 47.8 Å². The van der Waals surface area contributed by atoms with E-state index in [4.69, 9.17) is 0 Å². The van der Waals surface area contributed by atoms with Gasteiger partial charge < -0.3 is 15.5 Å². The minimum atomic E-state index is -0.345. The Balaban J connectivity index is 1.61. The fourth-order valence-electron chi connectivity index (χ4n) is 3.13. The lowest BCUT2D eigenvalue weighted by Crippen LogP contribution is -2.31. The number of fused-ring (bicyclic) bond motifs is 1. The fourth-order valence-corrected chi connectivity index (χ4v) is 3.83. The van der Waals surface area contributed by atoms with E-state index in [0.717, 1.165) is 21.9 Å². The van der Waals surface area contributed by atoms with Gasteiger partial charge >= 0.3 is 0 Å². The highest BCUT2D eigenvalue weighted by molar-refractivity contribution is 7.09. The third-order valence-electron chi connectivity index (χ3n) is 4.32. The molecular formula is C20H18N4O2S. The molecule has 2 aromatic heterocycles. The molecule has 0 bridgehead atoms. The van der Waals surface area contributed by atoms with Crippen molar-refractivity contribution >= 4 is 34.5 Å². The average Bonchev–Trinajstić information content (AvgIpc) is 3.26. The van der Waals surface area contributed by atoms with Crippen molar-refractivity contribution in [2.75, 3.05) is 10.6 Å². The molecular weight excluding hydrogens is 360 g/mol. The van der Waals surface area contributed by atoms with Gasteiger partial charge in [0.25, 0.3) is 5.91 Å². The van der Waals surface area contributed by atoms with Crippen molar-refractivity contribution in [2.24, 2.45) is 0 Å². The lowest BCUT2D eigenvalue weighted by molar-refractivity contribution is -0.114. The summed E-state index contributed by atoms with van der Waals surface area (Å²) < 4.78 is 0. The summed E-state index contributed by atoms with van der Waals surface area (Å²) in [7, 11) is 0. The Hall–Kier alpha value is -3.19. The second kappa shape index (κ2) is 7.20. The first-order valence-corrected chi connectivity index (χ1v) is 9.42. The van der Waals surface area contributed by atoms with Crippen molar-refractivity contribution in [3.05, 3.63) is 76.2 Å². The van der Waals surface area contributed by atoms with Crippen LogP contribution in [0.3, 0.4) is 0 Å². The van der Waals surface area contributed by atoms with Crippen molar-refractivity contribution < 1.29 is 9.59 Å². The van der Waals surface area contributed by atoms with Crippen LogP contribution in [0.5, 0.6) is 0 Å². The molecule has 6 nitrogen and oxygen atoms in total. The minimum Gasteiger partial charge on any atom is -0.360 e. The molecule has 0 saturated carbocycles. The Morgan fingerprint density at radius 3 is 2.63 bits per heavy atom. The topological polar surface area (TPSA) is 74.3 Å². The molecule has 1 aliphatic rings. The fraction of sp³-hybridized carbons (Fsp3) is 0.150. The predicted molar refractivity (Wildman–Crippen MR) is 106 cm³/mol. The van der Waals surface area contributed by atoms with E-state index in [2.05, 4.69) is 15.6 Å². The number of hydrogen-bond acceptors (Lipinski definition) is 5. The van der Waals surface area contributed by atoms with Crippen LogP contribution in [0.4, 0.5) is 11.4 Å². The number of benzene rings is 1. The van der Waals surface area contributed by atoms with Gasteiger partial charge in [-0.1, -0.05) is 6.07 Å². The Bertz CT molecular complexity index is 970. The monoisotopic (exact) mass is 378 g/mol. The smallest absolute Gasteiger partial charge is 0.258 e. The van der Waals surface area contributed by atoms with Crippen molar-refractivity contribution in [3.63, 3.8) is 0 Å². The maximum absolute atomic E-state index is 12.9. The van der Waals surface area contributed by atoms with Crippen LogP contribution in [0.2, 0.25) is 0 Å². The average molecular weight is 378 g/mol. The third-order valence-corrected chi connectivity index (χ3v) is 5.18. The molecule has 2 amide bonds. The lowest BCUT2D eigenvalue weighted by Gasteiger charge is -2.26. The Kier molecular flexibility index (Phi) is 4.60. The molecule has 1 atom stereocenters. The van der Waals surface area contributed by atoms with Crippen LogP contribution < -0.4 is 10.6 Å². The van der Waals surface area contributed by atoms with E-state index >= 15 is 0 Å². The normalized spacial score (nSPS) is 15.5. The first kappa shape index (κ1) is 17.2. The van der Waals surface area contributed by atoms with Gasteiger partial charge in [-0.3, -0.25) is 14.6 Å². The second-order valence-electron chi connectivity index (χ2n) is 6.25. The zero-order chi connectivity index (χ0) is 18.8. The number of aromatic nitrogens is 1. The van der Waals surface area contributed by atoms with E-state index in [9.17, 15) is 9.59 Å². The van der Waals surface area contributed by atoms with E-state index in [-0.39, 0.29) is 18.0 Å². The Morgan fingerprint density at radius 2 is 1.93 bits per heavy atom. The van der Waals surface area contributed by atoms with Gasteiger partial charge in [-0.15, -0.1) is 11.3 Å². The van der Waals surface area contributed by atoms with E-state index in [1.165, 1.54) is 6.92 Å². The molecule has 2 N–H and O–H groups in total. The number of rotatable bonds is 5. The van der Waals surface area contributed by atoms with Crippen LogP contribution in [0.25, 0.3) is 0 Å². The van der Waals surface area contributed by atoms with Crippen LogP contribution in [0, 0.1) is 0 Å². The quantitative estimate of drug-likeness (QED) is 0.707. The van der Waals surface area contributed by atoms with Gasteiger partial charge in [-0.2, -0.15) is 0 Å². The Morgan fingerprint density at radius 1 is 1.15 bits per heavy atom. The molecule has 0 spiro atoms. The van der Waals surface area contributed by atoms with Crippen LogP contribution in [0.15, 0.2) is 60.1 Å². The van der Waals surface area contributed by atoms with Gasteiger partial charge in [0.05, 0.1) is 17.8 Å². The zero-order valence-electron chi connectivity index (χ0n) is 14.7. The molecule has 3 aromatic rings. The second-order valence-corrected chi connectivity index (χ2v) is 7.29. The first-order chi connectivity index (χ1) is 13.1. The van der Waals surface area contributed by atoms with E-state index < -0.39 is 0 Å². The van der Waals surface area contributed by atoms with Gasteiger partial charge in [0.1, 0.15) is 6.17 Å². The molecule has 27 heavy (non-hydrogen) atoms. The highest BCUT2D eigenvalue weighted by atomic mass is 32.1. The number of nitrogens with zero attached hydrogens (tertiary/aromatic N) is 2. The summed E-state index contributed by atoms with van der Waals surface area (Å²) in [5.41, 5.74) is 2.92. The molecule has 0 saturated heterocycles. The molecule has 3 heterocycles. The number of hydrogen-bond donors (Lipinski definition) is 2. The van der Waals surface area contributed by atoms with E-state index in [0.29, 0.717) is 12.1 Å². The number of pyridine rings is 1. The molecule has 1 unspecified atom stereocenters.